The molecule has 1 saturated heterocycles. The molecule has 0 aromatic heterocycles. The molecule has 0 radical (unpaired) electrons. The molecule has 2 unspecified atom stereocenters. The fourth-order valence-electron chi connectivity index (χ4n) is 2.38. The van der Waals surface area contributed by atoms with Crippen LogP contribution in [0, 0.1) is 11.3 Å². The van der Waals surface area contributed by atoms with Gasteiger partial charge in [0.25, 0.3) is 0 Å². The molecule has 0 spiro atoms. The molecule has 2 aliphatic rings. The van der Waals surface area contributed by atoms with E-state index in [1.807, 2.05) is 0 Å². The van der Waals surface area contributed by atoms with E-state index in [2.05, 4.69) is 34.7 Å². The van der Waals surface area contributed by atoms with Gasteiger partial charge < -0.3 is 4.90 Å². The minimum atomic E-state index is 0.274. The summed E-state index contributed by atoms with van der Waals surface area (Å²) in [5, 5.41) is 0.936. The van der Waals surface area contributed by atoms with Gasteiger partial charge in [-0.1, -0.05) is 29.8 Å². The van der Waals surface area contributed by atoms with E-state index in [4.69, 9.17) is 0 Å². The molecule has 1 aliphatic carbocycles. The third-order valence-corrected chi connectivity index (χ3v) is 4.40. The molecule has 2 atom stereocenters. The Kier molecular flexibility index (Phi) is 2.63. The van der Waals surface area contributed by atoms with Gasteiger partial charge in [0.2, 0.25) is 5.91 Å². The molecule has 0 aromatic rings. The van der Waals surface area contributed by atoms with Crippen LogP contribution < -0.4 is 0 Å². The zero-order valence-electron chi connectivity index (χ0n) is 8.92. The molecule has 1 aliphatic heterocycles. The first kappa shape index (κ1) is 10.5. The highest BCUT2D eigenvalue weighted by atomic mass is 79.9. The number of halogens is 1. The van der Waals surface area contributed by atoms with E-state index >= 15 is 0 Å². The molecule has 2 nitrogen and oxygen atoms in total. The summed E-state index contributed by atoms with van der Waals surface area (Å²) in [5.41, 5.74) is 0.274. The summed E-state index contributed by atoms with van der Waals surface area (Å²) >= 11 is 3.49. The van der Waals surface area contributed by atoms with Crippen LogP contribution in [-0.2, 0) is 4.79 Å². The Balaban J connectivity index is 1.98. The number of carbonyl (C=O) groups excluding carboxylic acids is 1. The third kappa shape index (κ3) is 1.71. The van der Waals surface area contributed by atoms with E-state index in [1.165, 1.54) is 12.8 Å². The highest BCUT2D eigenvalue weighted by Crippen LogP contribution is 2.53. The standard InChI is InChI=1S/C11H18BrNO/c1-11(2)6-9(11)10(14)13-5-3-4-8(13)7-12/h8-9H,3-7H2,1-2H3. The average Bonchev–Trinajstić information content (AvgIpc) is 2.64. The lowest BCUT2D eigenvalue weighted by Gasteiger charge is -2.23. The highest BCUT2D eigenvalue weighted by Gasteiger charge is 2.52. The van der Waals surface area contributed by atoms with Gasteiger partial charge in [-0.2, -0.15) is 0 Å². The van der Waals surface area contributed by atoms with Crippen LogP contribution in [0.4, 0.5) is 0 Å². The van der Waals surface area contributed by atoms with Gasteiger partial charge in [-0.05, 0) is 24.7 Å². The summed E-state index contributed by atoms with van der Waals surface area (Å²) < 4.78 is 0. The maximum Gasteiger partial charge on any atom is 0.226 e. The van der Waals surface area contributed by atoms with Gasteiger partial charge in [-0.3, -0.25) is 4.79 Å². The predicted octanol–water partition coefficient (Wildman–Crippen LogP) is 2.42. The van der Waals surface area contributed by atoms with Crippen molar-refractivity contribution in [3.8, 4) is 0 Å². The Morgan fingerprint density at radius 2 is 2.21 bits per heavy atom. The van der Waals surface area contributed by atoms with E-state index in [-0.39, 0.29) is 5.41 Å². The first-order valence-electron chi connectivity index (χ1n) is 5.43. The minimum absolute atomic E-state index is 0.274. The van der Waals surface area contributed by atoms with E-state index < -0.39 is 0 Å². The first-order valence-corrected chi connectivity index (χ1v) is 6.55. The molecule has 80 valence electrons. The van der Waals surface area contributed by atoms with Gasteiger partial charge >= 0.3 is 0 Å². The number of hydrogen-bond acceptors (Lipinski definition) is 1. The van der Waals surface area contributed by atoms with Crippen molar-refractivity contribution < 1.29 is 4.79 Å². The lowest BCUT2D eigenvalue weighted by molar-refractivity contribution is -0.133. The Labute approximate surface area is 94.2 Å². The van der Waals surface area contributed by atoms with E-state index in [0.29, 0.717) is 17.9 Å². The van der Waals surface area contributed by atoms with Crippen molar-refractivity contribution in [3.63, 3.8) is 0 Å². The van der Waals surface area contributed by atoms with E-state index in [0.717, 1.165) is 18.3 Å². The van der Waals surface area contributed by atoms with Crippen LogP contribution >= 0.6 is 15.9 Å². The third-order valence-electron chi connectivity index (χ3n) is 3.65. The second-order valence-electron chi connectivity index (χ2n) is 5.23. The van der Waals surface area contributed by atoms with Gasteiger partial charge in [0.1, 0.15) is 0 Å². The van der Waals surface area contributed by atoms with E-state index in [1.54, 1.807) is 0 Å². The predicted molar refractivity (Wildman–Crippen MR) is 60.4 cm³/mol. The minimum Gasteiger partial charge on any atom is -0.339 e. The largest absolute Gasteiger partial charge is 0.339 e. The van der Waals surface area contributed by atoms with Crippen LogP contribution in [0.15, 0.2) is 0 Å². The number of nitrogens with zero attached hydrogens (tertiary/aromatic N) is 1. The molecule has 3 heteroatoms. The van der Waals surface area contributed by atoms with Crippen molar-refractivity contribution in [2.45, 2.75) is 39.2 Å². The lowest BCUT2D eigenvalue weighted by Crippen LogP contribution is -2.38. The van der Waals surface area contributed by atoms with Crippen LogP contribution in [0.2, 0.25) is 0 Å². The number of hydrogen-bond donors (Lipinski definition) is 0. The Morgan fingerprint density at radius 1 is 1.57 bits per heavy atom. The van der Waals surface area contributed by atoms with Gasteiger partial charge in [-0.15, -0.1) is 0 Å². The maximum absolute atomic E-state index is 12.1. The number of likely N-dealkylation sites (tertiary alicyclic amines) is 1. The summed E-state index contributed by atoms with van der Waals surface area (Å²) in [6.45, 7) is 5.35. The Bertz CT molecular complexity index is 252. The van der Waals surface area contributed by atoms with Crippen molar-refractivity contribution in [1.82, 2.24) is 4.90 Å². The summed E-state index contributed by atoms with van der Waals surface area (Å²) in [4.78, 5) is 14.2. The van der Waals surface area contributed by atoms with Gasteiger partial charge in [0.15, 0.2) is 0 Å². The molecule has 0 N–H and O–H groups in total. The Morgan fingerprint density at radius 3 is 2.71 bits per heavy atom. The number of carbonyl (C=O) groups is 1. The molecule has 1 amide bonds. The lowest BCUT2D eigenvalue weighted by atomic mass is 10.1. The van der Waals surface area contributed by atoms with Crippen molar-refractivity contribution in [3.05, 3.63) is 0 Å². The molecule has 2 rings (SSSR count). The topological polar surface area (TPSA) is 20.3 Å². The van der Waals surface area contributed by atoms with Crippen molar-refractivity contribution >= 4 is 21.8 Å². The van der Waals surface area contributed by atoms with Crippen LogP contribution in [0.1, 0.15) is 33.1 Å². The van der Waals surface area contributed by atoms with Crippen molar-refractivity contribution in [2.75, 3.05) is 11.9 Å². The van der Waals surface area contributed by atoms with Crippen LogP contribution in [-0.4, -0.2) is 28.7 Å². The van der Waals surface area contributed by atoms with Crippen LogP contribution in [0.25, 0.3) is 0 Å². The highest BCUT2D eigenvalue weighted by molar-refractivity contribution is 9.09. The SMILES string of the molecule is CC1(C)CC1C(=O)N1CCCC1CBr. The van der Waals surface area contributed by atoms with Crippen LogP contribution in [0.5, 0.6) is 0 Å². The zero-order chi connectivity index (χ0) is 10.3. The van der Waals surface area contributed by atoms with Crippen molar-refractivity contribution in [1.29, 1.82) is 0 Å². The van der Waals surface area contributed by atoms with Gasteiger partial charge in [0.05, 0.1) is 0 Å². The summed E-state index contributed by atoms with van der Waals surface area (Å²) in [5.74, 6) is 0.708. The van der Waals surface area contributed by atoms with Gasteiger partial charge in [-0.25, -0.2) is 0 Å². The fraction of sp³-hybridized carbons (Fsp3) is 0.909. The molecule has 14 heavy (non-hydrogen) atoms. The summed E-state index contributed by atoms with van der Waals surface area (Å²) in [6, 6.07) is 0.457. The monoisotopic (exact) mass is 259 g/mol. The molecular formula is C11H18BrNO. The molecule has 2 fully saturated rings. The summed E-state index contributed by atoms with van der Waals surface area (Å²) in [7, 11) is 0. The zero-order valence-corrected chi connectivity index (χ0v) is 10.5. The average molecular weight is 260 g/mol. The fourth-order valence-corrected chi connectivity index (χ4v) is 3.05. The second-order valence-corrected chi connectivity index (χ2v) is 5.87. The molecule has 0 aromatic carbocycles. The number of alkyl halides is 1. The number of rotatable bonds is 2. The molecule has 1 saturated carbocycles. The van der Waals surface area contributed by atoms with E-state index in [9.17, 15) is 4.79 Å². The molecule has 0 bridgehead atoms. The van der Waals surface area contributed by atoms with Gasteiger partial charge in [0, 0.05) is 23.8 Å². The Hall–Kier alpha value is -0.0500. The number of amides is 1. The first-order chi connectivity index (χ1) is 6.56. The molecular weight excluding hydrogens is 242 g/mol. The van der Waals surface area contributed by atoms with Crippen LogP contribution in [0.3, 0.4) is 0 Å². The smallest absolute Gasteiger partial charge is 0.226 e. The molecule has 1 heterocycles. The quantitative estimate of drug-likeness (QED) is 0.698. The summed E-state index contributed by atoms with van der Waals surface area (Å²) in [6.07, 6.45) is 3.43. The van der Waals surface area contributed by atoms with Crippen molar-refractivity contribution in [2.24, 2.45) is 11.3 Å². The maximum atomic E-state index is 12.1. The second kappa shape index (κ2) is 3.51. The normalized spacial score (nSPS) is 34.6.